The Morgan fingerprint density at radius 3 is 2.52 bits per heavy atom. The number of amides is 1. The number of aliphatic hydroxyl groups excluding tert-OH is 1. The van der Waals surface area contributed by atoms with Gasteiger partial charge in [0.15, 0.2) is 21.6 Å². The van der Waals surface area contributed by atoms with E-state index < -0.39 is 17.7 Å². The molecule has 1 aliphatic rings. The summed E-state index contributed by atoms with van der Waals surface area (Å²) >= 11 is 8.93. The molecule has 0 saturated carbocycles. The molecule has 6 rings (SSSR count). The number of nitrogens with zero attached hydrogens (tertiary/aromatic N) is 5. The second kappa shape index (κ2) is 13.1. The fourth-order valence-corrected chi connectivity index (χ4v) is 7.52. The summed E-state index contributed by atoms with van der Waals surface area (Å²) in [6.07, 6.45) is 1.83. The van der Waals surface area contributed by atoms with Crippen molar-refractivity contribution in [1.29, 1.82) is 0 Å². The van der Waals surface area contributed by atoms with Crippen LogP contribution in [0.5, 0.6) is 11.5 Å². The topological polar surface area (TPSA) is 119 Å². The van der Waals surface area contributed by atoms with Crippen LogP contribution in [0.1, 0.15) is 48.0 Å². The smallest absolute Gasteiger partial charge is 0.301 e. The van der Waals surface area contributed by atoms with E-state index in [4.69, 9.17) is 21.1 Å². The van der Waals surface area contributed by atoms with Crippen molar-refractivity contribution in [2.45, 2.75) is 43.8 Å². The van der Waals surface area contributed by atoms with Gasteiger partial charge in [-0.25, -0.2) is 4.98 Å². The average molecular weight is 676 g/mol. The minimum atomic E-state index is -1.05. The molecule has 3 aromatic heterocycles. The van der Waals surface area contributed by atoms with Gasteiger partial charge in [0.2, 0.25) is 5.13 Å². The molecule has 1 amide bonds. The molecule has 1 saturated heterocycles. The number of carbonyl (C=O) groups is 2. The molecule has 1 aliphatic heterocycles. The number of hydrogen-bond acceptors (Lipinski definition) is 10. The predicted molar refractivity (Wildman–Crippen MR) is 179 cm³/mol. The highest BCUT2D eigenvalue weighted by Crippen LogP contribution is 2.46. The second-order valence-corrected chi connectivity index (χ2v) is 13.0. The molecule has 2 aromatic carbocycles. The Bertz CT molecular complexity index is 2010. The molecular formula is C33H30ClN5O5S2. The van der Waals surface area contributed by atoms with Crippen LogP contribution in [-0.2, 0) is 15.3 Å². The molecule has 0 bridgehead atoms. The number of rotatable bonds is 10. The van der Waals surface area contributed by atoms with Crippen molar-refractivity contribution in [3.8, 4) is 11.5 Å². The van der Waals surface area contributed by atoms with Gasteiger partial charge < -0.3 is 19.0 Å². The first-order valence-electron chi connectivity index (χ1n) is 14.6. The van der Waals surface area contributed by atoms with Crippen LogP contribution in [0.15, 0.2) is 70.7 Å². The van der Waals surface area contributed by atoms with Gasteiger partial charge in [0.25, 0.3) is 5.78 Å². The zero-order valence-corrected chi connectivity index (χ0v) is 27.9. The van der Waals surface area contributed by atoms with Gasteiger partial charge in [-0.05, 0) is 68.7 Å². The van der Waals surface area contributed by atoms with E-state index in [-0.39, 0.29) is 22.2 Å². The average Bonchev–Trinajstić information content (AvgIpc) is 3.72. The number of ether oxygens (including phenoxy) is 2. The fourth-order valence-electron chi connectivity index (χ4n) is 5.37. The van der Waals surface area contributed by atoms with Crippen LogP contribution in [0.25, 0.3) is 11.4 Å². The molecule has 0 radical (unpaired) electrons. The maximum Gasteiger partial charge on any atom is 0.301 e. The number of anilines is 1. The molecule has 0 spiro atoms. The number of Topliss-reactive ketones (excluding diaryl/α,β-unsaturated/α-hetero) is 1. The minimum Gasteiger partial charge on any atom is -0.505 e. The molecular weight excluding hydrogens is 646 g/mol. The first-order chi connectivity index (χ1) is 22.2. The van der Waals surface area contributed by atoms with Crippen LogP contribution in [0.2, 0.25) is 5.02 Å². The summed E-state index contributed by atoms with van der Waals surface area (Å²) in [7, 11) is 0. The molecule has 4 heterocycles. The molecule has 1 atom stereocenters. The Labute approximate surface area is 278 Å². The lowest BCUT2D eigenvalue weighted by molar-refractivity contribution is -0.132. The van der Waals surface area contributed by atoms with E-state index in [1.54, 1.807) is 25.1 Å². The van der Waals surface area contributed by atoms with Crippen molar-refractivity contribution in [2.24, 2.45) is 0 Å². The highest BCUT2D eigenvalue weighted by atomic mass is 35.5. The molecule has 0 aliphatic carbocycles. The van der Waals surface area contributed by atoms with Gasteiger partial charge in [-0.2, -0.15) is 0 Å². The summed E-state index contributed by atoms with van der Waals surface area (Å²) in [5.41, 5.74) is 3.70. The zero-order chi connectivity index (χ0) is 32.5. The first kappa shape index (κ1) is 31.6. The number of thioether (sulfide) groups is 1. The molecule has 13 heteroatoms. The third-order valence-electron chi connectivity index (χ3n) is 7.55. The number of ketones is 1. The summed E-state index contributed by atoms with van der Waals surface area (Å²) in [4.78, 5) is 33.6. The van der Waals surface area contributed by atoms with Gasteiger partial charge in [0.1, 0.15) is 11.3 Å². The molecule has 1 N–H and O–H groups in total. The number of aromatic nitrogens is 4. The van der Waals surface area contributed by atoms with Gasteiger partial charge in [-0.3, -0.25) is 14.5 Å². The van der Waals surface area contributed by atoms with E-state index in [1.165, 1.54) is 28.0 Å². The Balaban J connectivity index is 1.48. The van der Waals surface area contributed by atoms with Gasteiger partial charge >= 0.3 is 5.91 Å². The standard InChI is InChI=1S/C33H30ClN5O5S2/c1-5-43-23-14-13-20(16-24(23)44-6-2)27-25(28(40)26-19(4)38-15-9-10-18(3)30(38)35-26)29(41)31(42)39(27)32-36-37-33(46-32)45-17-21-11-7-8-12-22(21)34/h7-16,27,40H,5-6,17H2,1-4H3/b28-25+. The minimum absolute atomic E-state index is 0.110. The van der Waals surface area contributed by atoms with Crippen LogP contribution in [0, 0.1) is 13.8 Å². The molecule has 1 fully saturated rings. The number of carbonyl (C=O) groups excluding carboxylic acids is 2. The number of imidazole rings is 1. The maximum atomic E-state index is 13.9. The van der Waals surface area contributed by atoms with Gasteiger partial charge in [0.05, 0.1) is 30.5 Å². The number of aliphatic hydroxyl groups is 1. The Kier molecular flexibility index (Phi) is 9.03. The van der Waals surface area contributed by atoms with Crippen molar-refractivity contribution in [3.05, 3.63) is 99.5 Å². The van der Waals surface area contributed by atoms with Crippen molar-refractivity contribution < 1.29 is 24.2 Å². The van der Waals surface area contributed by atoms with Crippen molar-refractivity contribution in [1.82, 2.24) is 19.6 Å². The molecule has 1 unspecified atom stereocenters. The van der Waals surface area contributed by atoms with E-state index in [1.807, 2.05) is 67.8 Å². The summed E-state index contributed by atoms with van der Waals surface area (Å²) in [6.45, 7) is 8.23. The number of aryl methyl sites for hydroxylation is 2. The van der Waals surface area contributed by atoms with Crippen LogP contribution in [-0.4, -0.2) is 49.6 Å². The zero-order valence-electron chi connectivity index (χ0n) is 25.5. The van der Waals surface area contributed by atoms with Gasteiger partial charge in [0, 0.05) is 17.0 Å². The lowest BCUT2D eigenvalue weighted by atomic mass is 9.96. The van der Waals surface area contributed by atoms with E-state index in [0.717, 1.165) is 11.1 Å². The molecule has 10 nitrogen and oxygen atoms in total. The Morgan fingerprint density at radius 1 is 1.02 bits per heavy atom. The van der Waals surface area contributed by atoms with Crippen LogP contribution in [0.3, 0.4) is 0 Å². The monoisotopic (exact) mass is 675 g/mol. The fraction of sp³-hybridized carbons (Fsp3) is 0.242. The van der Waals surface area contributed by atoms with Crippen LogP contribution < -0.4 is 14.4 Å². The SMILES string of the molecule is CCOc1ccc(C2/C(=C(\O)c3nc4c(C)cccn4c3C)C(=O)C(=O)N2c2nnc(SCc3ccccc3Cl)s2)cc1OCC. The lowest BCUT2D eigenvalue weighted by Crippen LogP contribution is -2.29. The van der Waals surface area contributed by atoms with Crippen molar-refractivity contribution in [2.75, 3.05) is 18.1 Å². The van der Waals surface area contributed by atoms with Crippen molar-refractivity contribution >= 4 is 62.9 Å². The quantitative estimate of drug-likeness (QED) is 0.0540. The third-order valence-corrected chi connectivity index (χ3v) is 10.0. The number of halogens is 1. The summed E-state index contributed by atoms with van der Waals surface area (Å²) in [6, 6.07) is 15.5. The van der Waals surface area contributed by atoms with E-state index in [2.05, 4.69) is 15.2 Å². The third kappa shape index (κ3) is 5.72. The van der Waals surface area contributed by atoms with Crippen LogP contribution >= 0.6 is 34.7 Å². The van der Waals surface area contributed by atoms with Crippen LogP contribution in [0.4, 0.5) is 5.13 Å². The van der Waals surface area contributed by atoms with Gasteiger partial charge in [-0.15, -0.1) is 10.2 Å². The van der Waals surface area contributed by atoms with Gasteiger partial charge in [-0.1, -0.05) is 65.0 Å². The lowest BCUT2D eigenvalue weighted by Gasteiger charge is -2.23. The normalized spacial score (nSPS) is 16.0. The van der Waals surface area contributed by atoms with E-state index >= 15 is 0 Å². The second-order valence-electron chi connectivity index (χ2n) is 10.4. The maximum absolute atomic E-state index is 13.9. The molecule has 5 aromatic rings. The largest absolute Gasteiger partial charge is 0.505 e. The number of fused-ring (bicyclic) bond motifs is 1. The molecule has 236 valence electrons. The number of hydrogen-bond donors (Lipinski definition) is 1. The van der Waals surface area contributed by atoms with E-state index in [9.17, 15) is 14.7 Å². The van der Waals surface area contributed by atoms with Crippen molar-refractivity contribution in [3.63, 3.8) is 0 Å². The predicted octanol–water partition coefficient (Wildman–Crippen LogP) is 7.17. The van der Waals surface area contributed by atoms with E-state index in [0.29, 0.717) is 56.7 Å². The summed E-state index contributed by atoms with van der Waals surface area (Å²) < 4.78 is 14.1. The first-order valence-corrected chi connectivity index (χ1v) is 16.8. The number of pyridine rings is 1. The summed E-state index contributed by atoms with van der Waals surface area (Å²) in [5.74, 6) is -0.570. The highest BCUT2D eigenvalue weighted by Gasteiger charge is 2.49. The Morgan fingerprint density at radius 2 is 1.78 bits per heavy atom. The highest BCUT2D eigenvalue weighted by molar-refractivity contribution is 8.00. The molecule has 46 heavy (non-hydrogen) atoms. The number of benzene rings is 2. The Hall–Kier alpha value is -4.39. The summed E-state index contributed by atoms with van der Waals surface area (Å²) in [5, 5.41) is 21.3.